The Morgan fingerprint density at radius 3 is 2.54 bits per heavy atom. The summed E-state index contributed by atoms with van der Waals surface area (Å²) in [5.74, 6) is 0.629. The Morgan fingerprint density at radius 1 is 1.12 bits per heavy atom. The maximum Gasteiger partial charge on any atom is 0.0576 e. The quantitative estimate of drug-likeness (QED) is 0.772. The molecule has 3 rings (SSSR count). The second-order valence-electron chi connectivity index (χ2n) is 7.33. The number of ether oxygens (including phenoxy) is 1. The fourth-order valence-corrected chi connectivity index (χ4v) is 3.69. The summed E-state index contributed by atoms with van der Waals surface area (Å²) in [5.41, 5.74) is 2.64. The summed E-state index contributed by atoms with van der Waals surface area (Å²) in [6.07, 6.45) is 2.97. The van der Waals surface area contributed by atoms with Crippen LogP contribution in [-0.2, 0) is 16.7 Å². The van der Waals surface area contributed by atoms with Gasteiger partial charge in [0.25, 0.3) is 0 Å². The largest absolute Gasteiger partial charge is 0.380 e. The van der Waals surface area contributed by atoms with Crippen LogP contribution in [0.15, 0.2) is 54.7 Å². The van der Waals surface area contributed by atoms with Crippen molar-refractivity contribution in [2.24, 2.45) is 5.92 Å². The Hall–Kier alpha value is -1.71. The lowest BCUT2D eigenvalue weighted by atomic mass is 9.79. The van der Waals surface area contributed by atoms with E-state index in [1.807, 2.05) is 12.3 Å². The van der Waals surface area contributed by atoms with Crippen LogP contribution in [0.3, 0.4) is 0 Å². The van der Waals surface area contributed by atoms with Crippen LogP contribution in [0.5, 0.6) is 0 Å². The highest BCUT2D eigenvalue weighted by atomic mass is 16.5. The normalized spacial score (nSPS) is 20.8. The average molecular weight is 324 g/mol. The van der Waals surface area contributed by atoms with Crippen LogP contribution < -0.4 is 0 Å². The molecule has 0 radical (unpaired) electrons. The van der Waals surface area contributed by atoms with E-state index in [0.29, 0.717) is 5.92 Å². The van der Waals surface area contributed by atoms with Gasteiger partial charge in [0.15, 0.2) is 0 Å². The van der Waals surface area contributed by atoms with Gasteiger partial charge in [-0.25, -0.2) is 0 Å². The number of nitrogens with zero attached hydrogens (tertiary/aromatic N) is 2. The third kappa shape index (κ3) is 4.22. The molecule has 1 fully saturated rings. The zero-order valence-corrected chi connectivity index (χ0v) is 14.8. The standard InChI is InChI=1S/C21H28N2O/c1-18(2)14-23(15-20-10-6-7-12-22-20)16-21(11-13-24-17-21)19-8-4-3-5-9-19/h3-10,12,18H,11,13-17H2,1-2H3/t21-/m0/s1. The van der Waals surface area contributed by atoms with Crippen LogP contribution in [0.4, 0.5) is 0 Å². The minimum atomic E-state index is 0.102. The zero-order chi connectivity index (χ0) is 16.8. The second kappa shape index (κ2) is 7.91. The number of hydrogen-bond acceptors (Lipinski definition) is 3. The van der Waals surface area contributed by atoms with Crippen LogP contribution in [-0.4, -0.2) is 36.2 Å². The topological polar surface area (TPSA) is 25.4 Å². The van der Waals surface area contributed by atoms with Gasteiger partial charge in [0.1, 0.15) is 0 Å². The molecule has 3 heteroatoms. The maximum atomic E-state index is 5.83. The number of rotatable bonds is 7. The van der Waals surface area contributed by atoms with E-state index in [2.05, 4.69) is 66.2 Å². The number of pyridine rings is 1. The van der Waals surface area contributed by atoms with Gasteiger partial charge in [-0.2, -0.15) is 0 Å². The summed E-state index contributed by atoms with van der Waals surface area (Å²) in [4.78, 5) is 7.07. The molecule has 3 nitrogen and oxygen atoms in total. The summed E-state index contributed by atoms with van der Waals surface area (Å²) in [5, 5.41) is 0. The van der Waals surface area contributed by atoms with Crippen molar-refractivity contribution < 1.29 is 4.74 Å². The molecule has 1 aromatic carbocycles. The fourth-order valence-electron chi connectivity index (χ4n) is 3.69. The number of hydrogen-bond donors (Lipinski definition) is 0. The second-order valence-corrected chi connectivity index (χ2v) is 7.33. The Kier molecular flexibility index (Phi) is 5.64. The molecule has 0 bridgehead atoms. The fraction of sp³-hybridized carbons (Fsp3) is 0.476. The first-order valence-electron chi connectivity index (χ1n) is 8.93. The third-order valence-corrected chi connectivity index (χ3v) is 4.75. The Balaban J connectivity index is 1.81. The van der Waals surface area contributed by atoms with E-state index < -0.39 is 0 Å². The van der Waals surface area contributed by atoms with E-state index >= 15 is 0 Å². The van der Waals surface area contributed by atoms with Crippen molar-refractivity contribution in [3.63, 3.8) is 0 Å². The van der Waals surface area contributed by atoms with Gasteiger partial charge in [0, 0.05) is 37.9 Å². The van der Waals surface area contributed by atoms with Crippen molar-refractivity contribution in [3.05, 3.63) is 66.0 Å². The van der Waals surface area contributed by atoms with Gasteiger partial charge in [-0.05, 0) is 30.0 Å². The first-order valence-corrected chi connectivity index (χ1v) is 8.93. The molecular weight excluding hydrogens is 296 g/mol. The third-order valence-electron chi connectivity index (χ3n) is 4.75. The SMILES string of the molecule is CC(C)CN(Cc1ccccn1)C[C@@]1(c2ccccc2)CCOC1. The number of aromatic nitrogens is 1. The highest BCUT2D eigenvalue weighted by Crippen LogP contribution is 2.34. The first-order chi connectivity index (χ1) is 11.7. The van der Waals surface area contributed by atoms with Crippen molar-refractivity contribution in [2.45, 2.75) is 32.2 Å². The summed E-state index contributed by atoms with van der Waals surface area (Å²) in [6.45, 7) is 9.23. The van der Waals surface area contributed by atoms with E-state index in [9.17, 15) is 0 Å². The lowest BCUT2D eigenvalue weighted by Gasteiger charge is -2.35. The van der Waals surface area contributed by atoms with Crippen molar-refractivity contribution in [2.75, 3.05) is 26.3 Å². The molecule has 1 saturated heterocycles. The molecule has 0 saturated carbocycles. The molecule has 1 atom stereocenters. The summed E-state index contributed by atoms with van der Waals surface area (Å²) in [7, 11) is 0. The van der Waals surface area contributed by atoms with Crippen molar-refractivity contribution in [1.29, 1.82) is 0 Å². The summed E-state index contributed by atoms with van der Waals surface area (Å²) < 4.78 is 5.83. The minimum absolute atomic E-state index is 0.102. The van der Waals surface area contributed by atoms with Crippen LogP contribution in [0.25, 0.3) is 0 Å². The van der Waals surface area contributed by atoms with Crippen molar-refractivity contribution in [3.8, 4) is 0 Å². The van der Waals surface area contributed by atoms with E-state index in [4.69, 9.17) is 4.74 Å². The van der Waals surface area contributed by atoms with Gasteiger partial charge >= 0.3 is 0 Å². The molecule has 1 aromatic heterocycles. The van der Waals surface area contributed by atoms with E-state index in [1.165, 1.54) is 5.56 Å². The number of benzene rings is 1. The summed E-state index contributed by atoms with van der Waals surface area (Å²) >= 11 is 0. The average Bonchev–Trinajstić information content (AvgIpc) is 3.06. The van der Waals surface area contributed by atoms with Gasteiger partial charge in [-0.3, -0.25) is 9.88 Å². The molecule has 2 aromatic rings. The van der Waals surface area contributed by atoms with Crippen LogP contribution in [0, 0.1) is 5.92 Å². The molecule has 0 N–H and O–H groups in total. The van der Waals surface area contributed by atoms with Gasteiger partial charge in [-0.1, -0.05) is 50.2 Å². The predicted molar refractivity (Wildman–Crippen MR) is 97.9 cm³/mol. The zero-order valence-electron chi connectivity index (χ0n) is 14.8. The highest BCUT2D eigenvalue weighted by Gasteiger charge is 2.38. The molecule has 2 heterocycles. The molecule has 0 spiro atoms. The predicted octanol–water partition coefficient (Wildman–Crippen LogP) is 3.90. The van der Waals surface area contributed by atoms with Gasteiger partial charge in [0.05, 0.1) is 12.3 Å². The first kappa shape index (κ1) is 17.1. The molecule has 128 valence electrons. The molecule has 1 aliphatic heterocycles. The highest BCUT2D eigenvalue weighted by molar-refractivity contribution is 5.27. The minimum Gasteiger partial charge on any atom is -0.380 e. The van der Waals surface area contributed by atoms with Crippen LogP contribution in [0.1, 0.15) is 31.5 Å². The van der Waals surface area contributed by atoms with Gasteiger partial charge in [-0.15, -0.1) is 0 Å². The monoisotopic (exact) mass is 324 g/mol. The van der Waals surface area contributed by atoms with Gasteiger partial charge < -0.3 is 4.74 Å². The lowest BCUT2D eigenvalue weighted by molar-refractivity contribution is 0.139. The van der Waals surface area contributed by atoms with E-state index in [1.54, 1.807) is 0 Å². The molecule has 24 heavy (non-hydrogen) atoms. The lowest BCUT2D eigenvalue weighted by Crippen LogP contribution is -2.42. The Bertz CT molecular complexity index is 606. The van der Waals surface area contributed by atoms with E-state index in [0.717, 1.165) is 45.0 Å². The van der Waals surface area contributed by atoms with Crippen LogP contribution in [0.2, 0.25) is 0 Å². The van der Waals surface area contributed by atoms with E-state index in [-0.39, 0.29) is 5.41 Å². The Morgan fingerprint density at radius 2 is 1.92 bits per heavy atom. The molecule has 0 aliphatic carbocycles. The molecule has 0 amide bonds. The van der Waals surface area contributed by atoms with Gasteiger partial charge in [0.2, 0.25) is 0 Å². The van der Waals surface area contributed by atoms with Crippen molar-refractivity contribution >= 4 is 0 Å². The maximum absolute atomic E-state index is 5.83. The molecular formula is C21H28N2O. The molecule has 1 aliphatic rings. The van der Waals surface area contributed by atoms with Crippen LogP contribution >= 0.6 is 0 Å². The smallest absolute Gasteiger partial charge is 0.0576 e. The van der Waals surface area contributed by atoms with Crippen molar-refractivity contribution in [1.82, 2.24) is 9.88 Å². The Labute approximate surface area is 145 Å². The summed E-state index contributed by atoms with van der Waals surface area (Å²) in [6, 6.07) is 17.0. The molecule has 0 unspecified atom stereocenters.